The molecule has 3 rings (SSSR count). The molecule has 0 N–H and O–H groups in total. The highest BCUT2D eigenvalue weighted by Gasteiger charge is 2.17. The molecule has 5 heteroatoms. The number of nitrogens with zero attached hydrogens (tertiary/aromatic N) is 2. The van der Waals surface area contributed by atoms with E-state index in [1.165, 1.54) is 11.8 Å². The van der Waals surface area contributed by atoms with Gasteiger partial charge >= 0.3 is 0 Å². The van der Waals surface area contributed by atoms with Gasteiger partial charge < -0.3 is 4.74 Å². The Kier molecular flexibility index (Phi) is 4.90. The molecule has 4 nitrogen and oxygen atoms in total. The van der Waals surface area contributed by atoms with E-state index in [0.717, 1.165) is 27.6 Å². The molecule has 0 bridgehead atoms. The summed E-state index contributed by atoms with van der Waals surface area (Å²) in [5, 5.41) is 0.686. The van der Waals surface area contributed by atoms with Crippen LogP contribution in [0.15, 0.2) is 53.7 Å². The normalized spacial score (nSPS) is 12.3. The first kappa shape index (κ1) is 16.6. The van der Waals surface area contributed by atoms with Gasteiger partial charge in [0.25, 0.3) is 0 Å². The highest BCUT2D eigenvalue weighted by atomic mass is 32.2. The summed E-state index contributed by atoms with van der Waals surface area (Å²) >= 11 is 1.48. The number of para-hydroxylation sites is 2. The summed E-state index contributed by atoms with van der Waals surface area (Å²) in [5.41, 5.74) is 2.95. The number of imidazole rings is 1. The van der Waals surface area contributed by atoms with Crippen LogP contribution in [0.25, 0.3) is 16.7 Å². The molecule has 0 saturated carbocycles. The highest BCUT2D eigenvalue weighted by molar-refractivity contribution is 8.00. The number of hydrogen-bond donors (Lipinski definition) is 0. The number of thioether (sulfide) groups is 1. The average Bonchev–Trinajstić information content (AvgIpc) is 2.93. The van der Waals surface area contributed by atoms with E-state index < -0.39 is 0 Å². The third-order valence-electron chi connectivity index (χ3n) is 3.79. The summed E-state index contributed by atoms with van der Waals surface area (Å²) < 4.78 is 7.61. The van der Waals surface area contributed by atoms with Gasteiger partial charge in [0.1, 0.15) is 11.5 Å². The zero-order valence-corrected chi connectivity index (χ0v) is 14.8. The molecule has 0 spiro atoms. The van der Waals surface area contributed by atoms with E-state index >= 15 is 0 Å². The molecule has 0 aliphatic carbocycles. The Morgan fingerprint density at radius 2 is 1.92 bits per heavy atom. The fraction of sp³-hybridized carbons (Fsp3) is 0.263. The summed E-state index contributed by atoms with van der Waals surface area (Å²) in [5.74, 6) is 0.988. The Labute approximate surface area is 145 Å². The average molecular weight is 340 g/mol. The van der Waals surface area contributed by atoms with Crippen molar-refractivity contribution in [3.05, 3.63) is 48.5 Å². The first-order chi connectivity index (χ1) is 11.6. The molecule has 0 aliphatic heterocycles. The lowest BCUT2D eigenvalue weighted by molar-refractivity contribution is -0.116. The van der Waals surface area contributed by atoms with Crippen LogP contribution in [0.4, 0.5) is 0 Å². The summed E-state index contributed by atoms with van der Waals surface area (Å²) in [6.07, 6.45) is 0. The van der Waals surface area contributed by atoms with Crippen LogP contribution in [0.1, 0.15) is 20.8 Å². The van der Waals surface area contributed by atoms with Crippen molar-refractivity contribution in [2.45, 2.75) is 31.2 Å². The molecule has 0 saturated heterocycles. The fourth-order valence-corrected chi connectivity index (χ4v) is 3.37. The SMILES string of the molecule is CCOc1ccc(-n2c(SC(C)C(C)=O)nc3ccccc32)cc1. The maximum absolute atomic E-state index is 11.7. The quantitative estimate of drug-likeness (QED) is 0.620. The fourth-order valence-electron chi connectivity index (χ4n) is 2.43. The minimum atomic E-state index is -0.136. The number of ketones is 1. The van der Waals surface area contributed by atoms with Gasteiger partial charge in [0.2, 0.25) is 0 Å². The molecule has 0 aliphatic rings. The summed E-state index contributed by atoms with van der Waals surface area (Å²) in [6.45, 7) is 6.14. The monoisotopic (exact) mass is 340 g/mol. The molecule has 24 heavy (non-hydrogen) atoms. The van der Waals surface area contributed by atoms with E-state index in [1.807, 2.05) is 62.4 Å². The molecule has 1 aromatic heterocycles. The van der Waals surface area contributed by atoms with Crippen molar-refractivity contribution < 1.29 is 9.53 Å². The summed E-state index contributed by atoms with van der Waals surface area (Å²) in [6, 6.07) is 15.9. The number of rotatable bonds is 6. The first-order valence-electron chi connectivity index (χ1n) is 7.98. The number of fused-ring (bicyclic) bond motifs is 1. The van der Waals surface area contributed by atoms with Crippen molar-refractivity contribution in [2.24, 2.45) is 0 Å². The molecule has 0 radical (unpaired) electrons. The third kappa shape index (κ3) is 3.31. The Morgan fingerprint density at radius 1 is 1.21 bits per heavy atom. The van der Waals surface area contributed by atoms with Crippen molar-refractivity contribution in [3.63, 3.8) is 0 Å². The van der Waals surface area contributed by atoms with Crippen LogP contribution in [0.5, 0.6) is 5.75 Å². The summed E-state index contributed by atoms with van der Waals surface area (Å²) in [7, 11) is 0. The van der Waals surface area contributed by atoms with E-state index in [9.17, 15) is 4.79 Å². The highest BCUT2D eigenvalue weighted by Crippen LogP contribution is 2.31. The molecule has 124 valence electrons. The molecule has 0 fully saturated rings. The van der Waals surface area contributed by atoms with Crippen LogP contribution in [0, 0.1) is 0 Å². The van der Waals surface area contributed by atoms with Gasteiger partial charge in [-0.3, -0.25) is 9.36 Å². The zero-order chi connectivity index (χ0) is 17.1. The number of Topliss-reactive ketones (excluding diaryl/α,β-unsaturated/α-hetero) is 1. The second-order valence-electron chi connectivity index (χ2n) is 5.52. The van der Waals surface area contributed by atoms with E-state index in [0.29, 0.717) is 6.61 Å². The van der Waals surface area contributed by atoms with Crippen molar-refractivity contribution in [2.75, 3.05) is 6.61 Å². The van der Waals surface area contributed by atoms with Gasteiger partial charge in [0.05, 0.1) is 22.9 Å². The molecule has 3 aromatic rings. The summed E-state index contributed by atoms with van der Waals surface area (Å²) in [4.78, 5) is 16.4. The van der Waals surface area contributed by atoms with Crippen LogP contribution in [-0.2, 0) is 4.79 Å². The number of aromatic nitrogens is 2. The van der Waals surface area contributed by atoms with Crippen molar-refractivity contribution in [3.8, 4) is 11.4 Å². The van der Waals surface area contributed by atoms with Crippen LogP contribution < -0.4 is 4.74 Å². The van der Waals surface area contributed by atoms with Crippen molar-refractivity contribution in [1.29, 1.82) is 0 Å². The van der Waals surface area contributed by atoms with E-state index in [1.54, 1.807) is 6.92 Å². The lowest BCUT2D eigenvalue weighted by Crippen LogP contribution is -2.09. The Balaban J connectivity index is 2.08. The molecule has 1 unspecified atom stereocenters. The van der Waals surface area contributed by atoms with Gasteiger partial charge in [-0.05, 0) is 57.2 Å². The molecular weight excluding hydrogens is 320 g/mol. The molecule has 1 atom stereocenters. The number of benzene rings is 2. The van der Waals surface area contributed by atoms with Gasteiger partial charge in [-0.25, -0.2) is 4.98 Å². The Hall–Kier alpha value is -2.27. The van der Waals surface area contributed by atoms with Crippen LogP contribution in [0.2, 0.25) is 0 Å². The maximum atomic E-state index is 11.7. The van der Waals surface area contributed by atoms with Gasteiger partial charge in [-0.1, -0.05) is 23.9 Å². The van der Waals surface area contributed by atoms with Crippen LogP contribution >= 0.6 is 11.8 Å². The Bertz CT molecular complexity index is 855. The number of carbonyl (C=O) groups excluding carboxylic acids is 1. The molecule has 0 amide bonds. The predicted octanol–water partition coefficient (Wildman–Crippen LogP) is 4.49. The number of carbonyl (C=O) groups is 1. The largest absolute Gasteiger partial charge is 0.494 e. The van der Waals surface area contributed by atoms with E-state index in [2.05, 4.69) is 4.57 Å². The topological polar surface area (TPSA) is 44.1 Å². The molecule has 2 aromatic carbocycles. The van der Waals surface area contributed by atoms with Crippen LogP contribution in [0.3, 0.4) is 0 Å². The lowest BCUT2D eigenvalue weighted by Gasteiger charge is -2.12. The second-order valence-corrected chi connectivity index (χ2v) is 6.82. The second kappa shape index (κ2) is 7.09. The minimum absolute atomic E-state index is 0.136. The number of hydrogen-bond acceptors (Lipinski definition) is 4. The van der Waals surface area contributed by atoms with E-state index in [-0.39, 0.29) is 11.0 Å². The van der Waals surface area contributed by atoms with Crippen LogP contribution in [-0.4, -0.2) is 27.2 Å². The van der Waals surface area contributed by atoms with Crippen molar-refractivity contribution in [1.82, 2.24) is 9.55 Å². The minimum Gasteiger partial charge on any atom is -0.494 e. The standard InChI is InChI=1S/C19H20N2O2S/c1-4-23-16-11-9-15(10-12-16)21-18-8-6-5-7-17(18)20-19(21)24-14(3)13(2)22/h5-12,14H,4H2,1-3H3. The molecular formula is C19H20N2O2S. The van der Waals surface area contributed by atoms with Gasteiger partial charge in [0, 0.05) is 5.69 Å². The third-order valence-corrected chi connectivity index (χ3v) is 4.96. The Morgan fingerprint density at radius 3 is 2.58 bits per heavy atom. The van der Waals surface area contributed by atoms with Gasteiger partial charge in [-0.15, -0.1) is 0 Å². The van der Waals surface area contributed by atoms with Gasteiger partial charge in [-0.2, -0.15) is 0 Å². The van der Waals surface area contributed by atoms with Gasteiger partial charge in [0.15, 0.2) is 5.16 Å². The smallest absolute Gasteiger partial charge is 0.174 e. The van der Waals surface area contributed by atoms with Crippen molar-refractivity contribution >= 4 is 28.6 Å². The predicted molar refractivity (Wildman–Crippen MR) is 98.2 cm³/mol. The number of ether oxygens (including phenoxy) is 1. The van der Waals surface area contributed by atoms with E-state index in [4.69, 9.17) is 9.72 Å². The molecule has 1 heterocycles. The zero-order valence-electron chi connectivity index (χ0n) is 14.0. The lowest BCUT2D eigenvalue weighted by atomic mass is 10.2. The maximum Gasteiger partial charge on any atom is 0.174 e. The first-order valence-corrected chi connectivity index (χ1v) is 8.86.